The van der Waals surface area contributed by atoms with Gasteiger partial charge in [-0.25, -0.2) is 0 Å². The first-order valence-electron chi connectivity index (χ1n) is 10.4. The molecule has 0 bridgehead atoms. The Bertz CT molecular complexity index is 747. The topological polar surface area (TPSA) is 62.2 Å². The molecule has 1 aromatic carbocycles. The fourth-order valence-corrected chi connectivity index (χ4v) is 4.62. The molecule has 1 saturated heterocycles. The average Bonchev–Trinajstić information content (AvgIpc) is 2.64. The molecule has 0 aliphatic carbocycles. The number of rotatable bonds is 5. The van der Waals surface area contributed by atoms with Gasteiger partial charge < -0.3 is 19.7 Å². The highest BCUT2D eigenvalue weighted by atomic mass is 19.4. The molecule has 3 unspecified atom stereocenters. The van der Waals surface area contributed by atoms with Crippen LogP contribution in [0.3, 0.4) is 0 Å². The minimum atomic E-state index is -4.73. The van der Waals surface area contributed by atoms with Crippen LogP contribution in [0.15, 0.2) is 12.1 Å². The highest BCUT2D eigenvalue weighted by Gasteiger charge is 2.41. The summed E-state index contributed by atoms with van der Waals surface area (Å²) < 4.78 is 48.3. The number of aliphatic hydroxyl groups excluding tert-OH is 2. The van der Waals surface area contributed by atoms with Crippen LogP contribution in [0.5, 0.6) is 11.5 Å². The Kier molecular flexibility index (Phi) is 6.60. The van der Waals surface area contributed by atoms with Gasteiger partial charge in [-0.3, -0.25) is 4.90 Å². The average molecular weight is 431 g/mol. The Morgan fingerprint density at radius 3 is 2.50 bits per heavy atom. The lowest BCUT2D eigenvalue weighted by Crippen LogP contribution is -2.48. The molecule has 4 atom stereocenters. The number of benzene rings is 1. The standard InChI is InChI=1S/C22H32F3NO4/c1-21(2,3)10-14-11-26-6-5-13-7-19(30-12-20(28)22(23,24)25)18(29-4)8-15(13)16(26)9-17(14)27/h7-8,14,16-17,20,27-28H,5-6,9-12H2,1-4H3/t14?,16?,17?,20-/m1/s1. The van der Waals surface area contributed by atoms with E-state index < -0.39 is 25.0 Å². The summed E-state index contributed by atoms with van der Waals surface area (Å²) in [6, 6.07) is 3.56. The Balaban J connectivity index is 1.79. The fraction of sp³-hybridized carbons (Fsp3) is 0.727. The van der Waals surface area contributed by atoms with E-state index in [4.69, 9.17) is 9.47 Å². The monoisotopic (exact) mass is 431 g/mol. The molecule has 0 aromatic heterocycles. The summed E-state index contributed by atoms with van der Waals surface area (Å²) in [5, 5.41) is 20.0. The van der Waals surface area contributed by atoms with Crippen LogP contribution in [-0.2, 0) is 6.42 Å². The first-order chi connectivity index (χ1) is 13.9. The quantitative estimate of drug-likeness (QED) is 0.744. The number of halogens is 3. The minimum Gasteiger partial charge on any atom is -0.493 e. The normalized spacial score (nSPS) is 26.0. The maximum atomic E-state index is 12.6. The summed E-state index contributed by atoms with van der Waals surface area (Å²) >= 11 is 0. The smallest absolute Gasteiger partial charge is 0.417 e. The third kappa shape index (κ3) is 5.21. The van der Waals surface area contributed by atoms with E-state index in [1.807, 2.05) is 0 Å². The van der Waals surface area contributed by atoms with E-state index in [-0.39, 0.29) is 23.1 Å². The van der Waals surface area contributed by atoms with E-state index in [9.17, 15) is 23.4 Å². The third-order valence-corrected chi connectivity index (χ3v) is 6.02. The van der Waals surface area contributed by atoms with Gasteiger partial charge in [0.25, 0.3) is 0 Å². The number of hydrogen-bond acceptors (Lipinski definition) is 5. The second-order valence-electron chi connectivity index (χ2n) is 9.66. The molecule has 0 spiro atoms. The lowest BCUT2D eigenvalue weighted by Gasteiger charge is -2.47. The fourth-order valence-electron chi connectivity index (χ4n) is 4.62. The maximum Gasteiger partial charge on any atom is 0.417 e. The van der Waals surface area contributed by atoms with Crippen molar-refractivity contribution in [2.24, 2.45) is 11.3 Å². The molecule has 30 heavy (non-hydrogen) atoms. The molecule has 8 heteroatoms. The Morgan fingerprint density at radius 2 is 1.90 bits per heavy atom. The van der Waals surface area contributed by atoms with Crippen LogP contribution in [0.25, 0.3) is 0 Å². The van der Waals surface area contributed by atoms with Crippen LogP contribution in [0.1, 0.15) is 50.8 Å². The molecule has 170 valence electrons. The van der Waals surface area contributed by atoms with Crippen molar-refractivity contribution in [1.29, 1.82) is 0 Å². The van der Waals surface area contributed by atoms with Gasteiger partial charge in [0.05, 0.1) is 13.2 Å². The number of piperidine rings is 1. The molecule has 3 rings (SSSR count). The van der Waals surface area contributed by atoms with Crippen molar-refractivity contribution in [1.82, 2.24) is 4.90 Å². The predicted octanol–water partition coefficient (Wildman–Crippen LogP) is 3.71. The number of nitrogens with zero attached hydrogens (tertiary/aromatic N) is 1. The van der Waals surface area contributed by atoms with E-state index in [0.717, 1.165) is 37.1 Å². The van der Waals surface area contributed by atoms with Crippen LogP contribution in [-0.4, -0.2) is 60.3 Å². The van der Waals surface area contributed by atoms with E-state index in [1.165, 1.54) is 7.11 Å². The predicted molar refractivity (Wildman–Crippen MR) is 107 cm³/mol. The molecule has 1 fully saturated rings. The van der Waals surface area contributed by atoms with Gasteiger partial charge in [-0.2, -0.15) is 13.2 Å². The zero-order valence-electron chi connectivity index (χ0n) is 18.0. The molecule has 2 aliphatic rings. The van der Waals surface area contributed by atoms with Gasteiger partial charge >= 0.3 is 6.18 Å². The van der Waals surface area contributed by atoms with Gasteiger partial charge in [0.1, 0.15) is 6.61 Å². The Labute approximate surface area is 175 Å². The van der Waals surface area contributed by atoms with Crippen molar-refractivity contribution in [2.45, 2.75) is 64.5 Å². The molecule has 0 amide bonds. The van der Waals surface area contributed by atoms with E-state index >= 15 is 0 Å². The lowest BCUT2D eigenvalue weighted by molar-refractivity contribution is -0.210. The summed E-state index contributed by atoms with van der Waals surface area (Å²) in [6.07, 6.45) is -5.38. The largest absolute Gasteiger partial charge is 0.493 e. The molecule has 0 radical (unpaired) electrons. The second kappa shape index (κ2) is 8.55. The molecule has 1 aromatic rings. The van der Waals surface area contributed by atoms with Crippen LogP contribution in [0, 0.1) is 11.3 Å². The Morgan fingerprint density at radius 1 is 1.20 bits per heavy atom. The minimum absolute atomic E-state index is 0.0451. The lowest BCUT2D eigenvalue weighted by atomic mass is 9.75. The number of ether oxygens (including phenoxy) is 2. The third-order valence-electron chi connectivity index (χ3n) is 6.02. The number of aliphatic hydroxyl groups is 2. The number of hydrogen-bond donors (Lipinski definition) is 2. The van der Waals surface area contributed by atoms with Crippen molar-refractivity contribution in [3.63, 3.8) is 0 Å². The molecule has 0 saturated carbocycles. The van der Waals surface area contributed by atoms with Crippen LogP contribution < -0.4 is 9.47 Å². The van der Waals surface area contributed by atoms with E-state index in [0.29, 0.717) is 12.2 Å². The van der Waals surface area contributed by atoms with Gasteiger partial charge in [-0.05, 0) is 53.9 Å². The summed E-state index contributed by atoms with van der Waals surface area (Å²) in [7, 11) is 1.43. The molecule has 5 nitrogen and oxygen atoms in total. The number of methoxy groups -OCH3 is 1. The zero-order chi connectivity index (χ0) is 22.3. The molecule has 2 N–H and O–H groups in total. The van der Waals surface area contributed by atoms with Crippen molar-refractivity contribution in [3.8, 4) is 11.5 Å². The summed E-state index contributed by atoms with van der Waals surface area (Å²) in [5.74, 6) is 0.738. The van der Waals surface area contributed by atoms with Crippen molar-refractivity contribution in [2.75, 3.05) is 26.8 Å². The molecule has 2 aliphatic heterocycles. The maximum absolute atomic E-state index is 12.6. The van der Waals surface area contributed by atoms with Crippen molar-refractivity contribution < 1.29 is 32.9 Å². The number of fused-ring (bicyclic) bond motifs is 3. The van der Waals surface area contributed by atoms with Crippen molar-refractivity contribution >= 4 is 0 Å². The first kappa shape index (κ1) is 23.2. The van der Waals surface area contributed by atoms with Gasteiger partial charge in [-0.1, -0.05) is 20.8 Å². The Hall–Kier alpha value is -1.51. The van der Waals surface area contributed by atoms with Crippen LogP contribution >= 0.6 is 0 Å². The van der Waals surface area contributed by atoms with E-state index in [2.05, 4.69) is 25.7 Å². The molecular weight excluding hydrogens is 399 g/mol. The van der Waals surface area contributed by atoms with Gasteiger partial charge in [0.2, 0.25) is 0 Å². The first-order valence-corrected chi connectivity index (χ1v) is 10.4. The van der Waals surface area contributed by atoms with Gasteiger partial charge in [0, 0.05) is 19.1 Å². The summed E-state index contributed by atoms with van der Waals surface area (Å²) in [5.41, 5.74) is 2.15. The number of alkyl halides is 3. The second-order valence-corrected chi connectivity index (χ2v) is 9.66. The summed E-state index contributed by atoms with van der Waals surface area (Å²) in [6.45, 7) is 7.29. The van der Waals surface area contributed by atoms with E-state index in [1.54, 1.807) is 12.1 Å². The van der Waals surface area contributed by atoms with Crippen LogP contribution in [0.4, 0.5) is 13.2 Å². The summed E-state index contributed by atoms with van der Waals surface area (Å²) in [4.78, 5) is 2.39. The highest BCUT2D eigenvalue weighted by molar-refractivity contribution is 5.49. The molecular formula is C22H32F3NO4. The van der Waals surface area contributed by atoms with Gasteiger partial charge in [-0.15, -0.1) is 0 Å². The molecule has 2 heterocycles. The van der Waals surface area contributed by atoms with Gasteiger partial charge in [0.15, 0.2) is 17.6 Å². The van der Waals surface area contributed by atoms with Crippen molar-refractivity contribution in [3.05, 3.63) is 23.3 Å². The highest BCUT2D eigenvalue weighted by Crippen LogP contribution is 2.44. The van der Waals surface area contributed by atoms with Crippen LogP contribution in [0.2, 0.25) is 0 Å². The SMILES string of the molecule is COc1cc2c(cc1OC[C@@H](O)C(F)(F)F)CCN1CC(CC(C)(C)C)C(O)CC21. The zero-order valence-corrected chi connectivity index (χ0v) is 18.0.